The first-order chi connectivity index (χ1) is 10.9. The summed E-state index contributed by atoms with van der Waals surface area (Å²) in [4.78, 5) is 16.9. The van der Waals surface area contributed by atoms with Gasteiger partial charge in [0.15, 0.2) is 11.6 Å². The Kier molecular flexibility index (Phi) is 5.62. The lowest BCUT2D eigenvalue weighted by Crippen LogP contribution is -2.43. The Morgan fingerprint density at radius 3 is 2.74 bits per heavy atom. The van der Waals surface area contributed by atoms with Crippen molar-refractivity contribution < 1.29 is 18.7 Å². The van der Waals surface area contributed by atoms with Gasteiger partial charge >= 0.3 is 6.03 Å². The zero-order chi connectivity index (χ0) is 17.0. The number of aryl methyl sites for hydroxylation is 1. The quantitative estimate of drug-likeness (QED) is 0.783. The predicted molar refractivity (Wildman–Crippen MR) is 83.0 cm³/mol. The topological polar surface area (TPSA) is 74.2 Å². The predicted octanol–water partition coefficient (Wildman–Crippen LogP) is 2.65. The van der Waals surface area contributed by atoms with Crippen LogP contribution in [0.5, 0.6) is 0 Å². The van der Waals surface area contributed by atoms with E-state index in [0.29, 0.717) is 6.54 Å². The van der Waals surface area contributed by atoms with Gasteiger partial charge in [0.05, 0.1) is 29.9 Å². The summed E-state index contributed by atoms with van der Waals surface area (Å²) in [6.45, 7) is 3.75. The monoisotopic (exact) mass is 341 g/mol. The SMILES string of the molecule is Cc1ncsc1CNC(=O)NC(C)C(O)c1ccc(F)c(F)c1. The molecule has 0 fully saturated rings. The normalized spacial score (nSPS) is 13.4. The van der Waals surface area contributed by atoms with Crippen LogP contribution < -0.4 is 10.6 Å². The molecule has 5 nitrogen and oxygen atoms in total. The van der Waals surface area contributed by atoms with Crippen molar-refractivity contribution in [2.75, 3.05) is 0 Å². The fourth-order valence-electron chi connectivity index (χ4n) is 1.98. The van der Waals surface area contributed by atoms with Crippen molar-refractivity contribution in [2.24, 2.45) is 0 Å². The highest BCUT2D eigenvalue weighted by atomic mass is 32.1. The molecule has 3 N–H and O–H groups in total. The van der Waals surface area contributed by atoms with E-state index in [1.54, 1.807) is 12.4 Å². The molecule has 0 saturated carbocycles. The third kappa shape index (κ3) is 4.46. The van der Waals surface area contributed by atoms with Crippen LogP contribution >= 0.6 is 11.3 Å². The minimum atomic E-state index is -1.15. The van der Waals surface area contributed by atoms with E-state index >= 15 is 0 Å². The third-order valence-corrected chi connectivity index (χ3v) is 4.31. The lowest BCUT2D eigenvalue weighted by molar-refractivity contribution is 0.137. The second-order valence-electron chi connectivity index (χ2n) is 5.10. The average Bonchev–Trinajstić information content (AvgIpc) is 2.92. The summed E-state index contributed by atoms with van der Waals surface area (Å²) in [6.07, 6.45) is -1.15. The molecule has 124 valence electrons. The number of thiazole rings is 1. The van der Waals surface area contributed by atoms with Crippen LogP contribution in [0.15, 0.2) is 23.7 Å². The molecule has 0 aliphatic carbocycles. The molecule has 8 heteroatoms. The molecule has 1 heterocycles. The first-order valence-corrected chi connectivity index (χ1v) is 7.82. The number of nitrogens with one attached hydrogen (secondary N) is 2. The van der Waals surface area contributed by atoms with Crippen LogP contribution in [0.1, 0.15) is 29.2 Å². The van der Waals surface area contributed by atoms with Gasteiger partial charge in [-0.1, -0.05) is 6.07 Å². The Bertz CT molecular complexity index is 693. The largest absolute Gasteiger partial charge is 0.386 e. The standard InChI is InChI=1S/C15H17F2N3O2S/c1-8-13(23-7-19-8)6-18-15(22)20-9(2)14(21)10-3-4-11(16)12(17)5-10/h3-5,7,9,14,21H,6H2,1-2H3,(H2,18,20,22). The first-order valence-electron chi connectivity index (χ1n) is 6.95. The zero-order valence-electron chi connectivity index (χ0n) is 12.6. The van der Waals surface area contributed by atoms with E-state index in [0.717, 1.165) is 22.7 Å². The Labute approximate surface area is 136 Å². The van der Waals surface area contributed by atoms with Crippen molar-refractivity contribution >= 4 is 17.4 Å². The van der Waals surface area contributed by atoms with Gasteiger partial charge in [0.1, 0.15) is 0 Å². The number of urea groups is 1. The van der Waals surface area contributed by atoms with Gasteiger partial charge in [-0.15, -0.1) is 11.3 Å². The van der Waals surface area contributed by atoms with E-state index in [9.17, 15) is 18.7 Å². The van der Waals surface area contributed by atoms with Gasteiger partial charge in [0.2, 0.25) is 0 Å². The maximum atomic E-state index is 13.2. The second kappa shape index (κ2) is 7.47. The number of hydrogen-bond donors (Lipinski definition) is 3. The van der Waals surface area contributed by atoms with Crippen molar-refractivity contribution in [1.29, 1.82) is 0 Å². The molecule has 2 aromatic rings. The molecule has 2 rings (SSSR count). The summed E-state index contributed by atoms with van der Waals surface area (Å²) in [5.74, 6) is -2.03. The number of carbonyl (C=O) groups is 1. The molecule has 0 aliphatic rings. The summed E-state index contributed by atoms with van der Waals surface area (Å²) in [5, 5.41) is 15.3. The van der Waals surface area contributed by atoms with E-state index < -0.39 is 29.8 Å². The molecule has 1 aromatic carbocycles. The molecular weight excluding hydrogens is 324 g/mol. The zero-order valence-corrected chi connectivity index (χ0v) is 13.5. The smallest absolute Gasteiger partial charge is 0.315 e. The van der Waals surface area contributed by atoms with Crippen molar-refractivity contribution in [1.82, 2.24) is 15.6 Å². The molecule has 0 aliphatic heterocycles. The van der Waals surface area contributed by atoms with Crippen LogP contribution in [0.3, 0.4) is 0 Å². The second-order valence-corrected chi connectivity index (χ2v) is 6.03. The highest BCUT2D eigenvalue weighted by Crippen LogP contribution is 2.19. The number of rotatable bonds is 5. The van der Waals surface area contributed by atoms with E-state index in [2.05, 4.69) is 15.6 Å². The maximum Gasteiger partial charge on any atom is 0.315 e. The fourth-order valence-corrected chi connectivity index (χ4v) is 2.70. The van der Waals surface area contributed by atoms with E-state index in [1.807, 2.05) is 6.92 Å². The van der Waals surface area contributed by atoms with Crippen LogP contribution in [0.4, 0.5) is 13.6 Å². The molecule has 23 heavy (non-hydrogen) atoms. The maximum absolute atomic E-state index is 13.2. The van der Waals surface area contributed by atoms with Crippen LogP contribution in [0.2, 0.25) is 0 Å². The van der Waals surface area contributed by atoms with Gasteiger partial charge < -0.3 is 15.7 Å². The molecule has 2 unspecified atom stereocenters. The molecule has 0 radical (unpaired) electrons. The molecule has 0 saturated heterocycles. The summed E-state index contributed by atoms with van der Waals surface area (Å²) < 4.78 is 26.1. The van der Waals surface area contributed by atoms with Crippen LogP contribution in [-0.4, -0.2) is 22.2 Å². The van der Waals surface area contributed by atoms with E-state index in [-0.39, 0.29) is 5.56 Å². The number of halogens is 2. The molecule has 1 aromatic heterocycles. The minimum absolute atomic E-state index is 0.190. The first kappa shape index (κ1) is 17.3. The highest BCUT2D eigenvalue weighted by molar-refractivity contribution is 7.09. The number of carbonyl (C=O) groups excluding carboxylic acids is 1. The van der Waals surface area contributed by atoms with Crippen LogP contribution in [0.25, 0.3) is 0 Å². The summed E-state index contributed by atoms with van der Waals surface area (Å²) in [5.41, 5.74) is 2.74. The van der Waals surface area contributed by atoms with Crippen molar-refractivity contribution in [2.45, 2.75) is 32.5 Å². The van der Waals surface area contributed by atoms with Gasteiger partial charge in [0, 0.05) is 4.88 Å². The third-order valence-electron chi connectivity index (χ3n) is 3.37. The summed E-state index contributed by atoms with van der Waals surface area (Å²) >= 11 is 1.44. The van der Waals surface area contributed by atoms with Crippen LogP contribution in [0, 0.1) is 18.6 Å². The molecular formula is C15H17F2N3O2S. The number of aliphatic hydroxyl groups is 1. The Morgan fingerprint density at radius 2 is 2.13 bits per heavy atom. The average molecular weight is 341 g/mol. The number of benzene rings is 1. The fraction of sp³-hybridized carbons (Fsp3) is 0.333. The molecule has 2 amide bonds. The van der Waals surface area contributed by atoms with Crippen molar-refractivity contribution in [3.05, 3.63) is 51.5 Å². The number of nitrogens with zero attached hydrogens (tertiary/aromatic N) is 1. The Morgan fingerprint density at radius 1 is 1.39 bits per heavy atom. The summed E-state index contributed by atoms with van der Waals surface area (Å²) in [6, 6.07) is 1.98. The van der Waals surface area contributed by atoms with Gasteiger partial charge in [-0.3, -0.25) is 0 Å². The van der Waals surface area contributed by atoms with Crippen molar-refractivity contribution in [3.8, 4) is 0 Å². The van der Waals surface area contributed by atoms with Gasteiger partial charge in [-0.2, -0.15) is 0 Å². The lowest BCUT2D eigenvalue weighted by atomic mass is 10.0. The van der Waals surface area contributed by atoms with Crippen molar-refractivity contribution in [3.63, 3.8) is 0 Å². The van der Waals surface area contributed by atoms with E-state index in [1.165, 1.54) is 17.4 Å². The summed E-state index contributed by atoms with van der Waals surface area (Å²) in [7, 11) is 0. The molecule has 0 spiro atoms. The number of amides is 2. The molecule has 0 bridgehead atoms. The van der Waals surface area contributed by atoms with Gasteiger partial charge in [0.25, 0.3) is 0 Å². The van der Waals surface area contributed by atoms with Crippen LogP contribution in [-0.2, 0) is 6.54 Å². The number of aliphatic hydroxyl groups excluding tert-OH is 1. The van der Waals surface area contributed by atoms with Gasteiger partial charge in [-0.05, 0) is 31.5 Å². The molecule has 2 atom stereocenters. The number of aromatic nitrogens is 1. The lowest BCUT2D eigenvalue weighted by Gasteiger charge is -2.21. The minimum Gasteiger partial charge on any atom is -0.386 e. The highest BCUT2D eigenvalue weighted by Gasteiger charge is 2.19. The van der Waals surface area contributed by atoms with E-state index in [4.69, 9.17) is 0 Å². The Hall–Kier alpha value is -2.06. The number of hydrogen-bond acceptors (Lipinski definition) is 4. The Balaban J connectivity index is 1.89. The van der Waals surface area contributed by atoms with Gasteiger partial charge in [-0.25, -0.2) is 18.6 Å².